The van der Waals surface area contributed by atoms with Crippen LogP contribution in [0, 0.1) is 0 Å². The predicted octanol–water partition coefficient (Wildman–Crippen LogP) is 3.79. The first-order chi connectivity index (χ1) is 11.3. The number of fused-ring (bicyclic) bond motifs is 3. The van der Waals surface area contributed by atoms with E-state index in [1.54, 1.807) is 14.2 Å². The molecule has 0 saturated carbocycles. The standard InChI is InChI=1S/C19H18N2O2/c1-22-14-7-8-18(23-2)16(11-14)17-12-21-10-9-13-5-3-4-6-15(13)19(21)20-17/h3-8,11-12H,9-10H2,1-2H3. The van der Waals surface area contributed by atoms with Crippen molar-refractivity contribution in [1.82, 2.24) is 9.55 Å². The summed E-state index contributed by atoms with van der Waals surface area (Å²) in [6.45, 7) is 0.950. The Morgan fingerprint density at radius 2 is 1.87 bits per heavy atom. The van der Waals surface area contributed by atoms with E-state index < -0.39 is 0 Å². The Labute approximate surface area is 135 Å². The highest BCUT2D eigenvalue weighted by Gasteiger charge is 2.20. The number of rotatable bonds is 3. The molecule has 4 nitrogen and oxygen atoms in total. The van der Waals surface area contributed by atoms with Crippen LogP contribution in [0.1, 0.15) is 5.56 Å². The summed E-state index contributed by atoms with van der Waals surface area (Å²) in [5.41, 5.74) is 4.43. The van der Waals surface area contributed by atoms with Gasteiger partial charge in [0.05, 0.1) is 19.9 Å². The molecule has 1 aliphatic heterocycles. The van der Waals surface area contributed by atoms with E-state index in [2.05, 4.69) is 35.0 Å². The number of aromatic nitrogens is 2. The first-order valence-electron chi connectivity index (χ1n) is 7.68. The van der Waals surface area contributed by atoms with Crippen molar-refractivity contribution in [3.8, 4) is 34.1 Å². The Morgan fingerprint density at radius 1 is 1.00 bits per heavy atom. The van der Waals surface area contributed by atoms with E-state index >= 15 is 0 Å². The number of hydrogen-bond donors (Lipinski definition) is 0. The second kappa shape index (κ2) is 5.47. The van der Waals surface area contributed by atoms with Crippen LogP contribution in [0.15, 0.2) is 48.7 Å². The first kappa shape index (κ1) is 13.9. The third-order valence-electron chi connectivity index (χ3n) is 4.34. The van der Waals surface area contributed by atoms with E-state index in [9.17, 15) is 0 Å². The first-order valence-corrected chi connectivity index (χ1v) is 7.68. The molecule has 2 heterocycles. The van der Waals surface area contributed by atoms with E-state index in [1.807, 2.05) is 18.2 Å². The molecular weight excluding hydrogens is 288 g/mol. The number of ether oxygens (including phenoxy) is 2. The smallest absolute Gasteiger partial charge is 0.140 e. The van der Waals surface area contributed by atoms with E-state index in [1.165, 1.54) is 11.1 Å². The van der Waals surface area contributed by atoms with Gasteiger partial charge >= 0.3 is 0 Å². The molecule has 3 aromatic rings. The molecule has 0 spiro atoms. The minimum absolute atomic E-state index is 0.798. The molecule has 0 amide bonds. The number of methoxy groups -OCH3 is 2. The predicted molar refractivity (Wildman–Crippen MR) is 89.9 cm³/mol. The maximum Gasteiger partial charge on any atom is 0.140 e. The van der Waals surface area contributed by atoms with Crippen molar-refractivity contribution in [2.75, 3.05) is 14.2 Å². The lowest BCUT2D eigenvalue weighted by Crippen LogP contribution is -2.09. The molecule has 4 rings (SSSR count). The average molecular weight is 306 g/mol. The lowest BCUT2D eigenvalue weighted by atomic mass is 10.0. The SMILES string of the molecule is COc1ccc(OC)c(-c2cn3c(n2)-c2ccccc2CC3)c1. The maximum absolute atomic E-state index is 5.50. The van der Waals surface area contributed by atoms with Crippen molar-refractivity contribution < 1.29 is 9.47 Å². The van der Waals surface area contributed by atoms with E-state index in [4.69, 9.17) is 14.5 Å². The van der Waals surface area contributed by atoms with Crippen LogP contribution in [0.25, 0.3) is 22.6 Å². The molecule has 2 aromatic carbocycles. The van der Waals surface area contributed by atoms with Crippen LogP contribution in [-0.4, -0.2) is 23.8 Å². The van der Waals surface area contributed by atoms with Gasteiger partial charge in [0.2, 0.25) is 0 Å². The molecule has 0 radical (unpaired) electrons. The highest BCUT2D eigenvalue weighted by atomic mass is 16.5. The summed E-state index contributed by atoms with van der Waals surface area (Å²) in [5, 5.41) is 0. The molecule has 0 aliphatic carbocycles. The molecule has 4 heteroatoms. The monoisotopic (exact) mass is 306 g/mol. The summed E-state index contributed by atoms with van der Waals surface area (Å²) in [7, 11) is 3.34. The van der Waals surface area contributed by atoms with Gasteiger partial charge < -0.3 is 14.0 Å². The van der Waals surface area contributed by atoms with Gasteiger partial charge in [0.25, 0.3) is 0 Å². The molecule has 23 heavy (non-hydrogen) atoms. The van der Waals surface area contributed by atoms with Crippen LogP contribution in [0.4, 0.5) is 0 Å². The molecule has 1 aliphatic rings. The van der Waals surface area contributed by atoms with Gasteiger partial charge in [-0.05, 0) is 30.2 Å². The molecule has 0 N–H and O–H groups in total. The van der Waals surface area contributed by atoms with E-state index in [-0.39, 0.29) is 0 Å². The van der Waals surface area contributed by atoms with Crippen LogP contribution < -0.4 is 9.47 Å². The Bertz CT molecular complexity index is 868. The minimum Gasteiger partial charge on any atom is -0.497 e. The Hall–Kier alpha value is -2.75. The van der Waals surface area contributed by atoms with Gasteiger partial charge in [0.1, 0.15) is 17.3 Å². The van der Waals surface area contributed by atoms with Crippen LogP contribution in [0.5, 0.6) is 11.5 Å². The highest BCUT2D eigenvalue weighted by molar-refractivity contribution is 5.73. The summed E-state index contributed by atoms with van der Waals surface area (Å²) in [4.78, 5) is 4.87. The summed E-state index contributed by atoms with van der Waals surface area (Å²) >= 11 is 0. The zero-order chi connectivity index (χ0) is 15.8. The number of imidazole rings is 1. The third-order valence-corrected chi connectivity index (χ3v) is 4.34. The number of nitrogens with zero attached hydrogens (tertiary/aromatic N) is 2. The number of benzene rings is 2. The number of hydrogen-bond acceptors (Lipinski definition) is 3. The summed E-state index contributed by atoms with van der Waals surface area (Å²) < 4.78 is 13.1. The van der Waals surface area contributed by atoms with Gasteiger partial charge in [-0.3, -0.25) is 0 Å². The molecule has 0 saturated heterocycles. The normalized spacial score (nSPS) is 12.4. The van der Waals surface area contributed by atoms with Gasteiger partial charge in [-0.25, -0.2) is 4.98 Å². The fraction of sp³-hybridized carbons (Fsp3) is 0.211. The van der Waals surface area contributed by atoms with Gasteiger partial charge in [-0.15, -0.1) is 0 Å². The lowest BCUT2D eigenvalue weighted by molar-refractivity contribution is 0.404. The zero-order valence-electron chi connectivity index (χ0n) is 13.2. The van der Waals surface area contributed by atoms with Crippen LogP contribution in [-0.2, 0) is 13.0 Å². The summed E-state index contributed by atoms with van der Waals surface area (Å²) in [6.07, 6.45) is 3.14. The van der Waals surface area contributed by atoms with Crippen molar-refractivity contribution >= 4 is 0 Å². The van der Waals surface area contributed by atoms with Gasteiger partial charge in [-0.1, -0.05) is 24.3 Å². The Balaban J connectivity index is 1.86. The largest absolute Gasteiger partial charge is 0.497 e. The van der Waals surface area contributed by atoms with Gasteiger partial charge in [0.15, 0.2) is 0 Å². The van der Waals surface area contributed by atoms with E-state index in [0.717, 1.165) is 41.5 Å². The highest BCUT2D eigenvalue weighted by Crippen LogP contribution is 2.36. The Morgan fingerprint density at radius 3 is 2.70 bits per heavy atom. The molecular formula is C19H18N2O2. The Kier molecular flexibility index (Phi) is 3.30. The third kappa shape index (κ3) is 2.27. The van der Waals surface area contributed by atoms with Crippen molar-refractivity contribution in [2.45, 2.75) is 13.0 Å². The maximum atomic E-state index is 5.50. The van der Waals surface area contributed by atoms with Crippen LogP contribution >= 0.6 is 0 Å². The lowest BCUT2D eigenvalue weighted by Gasteiger charge is -2.17. The second-order valence-corrected chi connectivity index (χ2v) is 5.62. The second-order valence-electron chi connectivity index (χ2n) is 5.62. The summed E-state index contributed by atoms with van der Waals surface area (Å²) in [6, 6.07) is 14.3. The topological polar surface area (TPSA) is 36.3 Å². The van der Waals surface area contributed by atoms with Gasteiger partial charge in [-0.2, -0.15) is 0 Å². The van der Waals surface area contributed by atoms with E-state index in [0.29, 0.717) is 0 Å². The quantitative estimate of drug-likeness (QED) is 0.738. The zero-order valence-corrected chi connectivity index (χ0v) is 13.2. The molecule has 1 aromatic heterocycles. The molecule has 0 fully saturated rings. The fourth-order valence-electron chi connectivity index (χ4n) is 3.14. The number of aryl methyl sites for hydroxylation is 2. The average Bonchev–Trinajstić information content (AvgIpc) is 3.05. The van der Waals surface area contributed by atoms with Crippen LogP contribution in [0.2, 0.25) is 0 Å². The van der Waals surface area contributed by atoms with Crippen LogP contribution in [0.3, 0.4) is 0 Å². The van der Waals surface area contributed by atoms with Crippen molar-refractivity contribution in [3.05, 3.63) is 54.2 Å². The van der Waals surface area contributed by atoms with Crippen molar-refractivity contribution in [1.29, 1.82) is 0 Å². The van der Waals surface area contributed by atoms with Gasteiger partial charge in [0, 0.05) is 23.9 Å². The molecule has 0 bridgehead atoms. The fourth-order valence-corrected chi connectivity index (χ4v) is 3.14. The summed E-state index contributed by atoms with van der Waals surface area (Å²) in [5.74, 6) is 2.62. The molecule has 0 atom stereocenters. The van der Waals surface area contributed by atoms with Crippen molar-refractivity contribution in [3.63, 3.8) is 0 Å². The molecule has 0 unspecified atom stereocenters. The minimum atomic E-state index is 0.798. The molecule has 116 valence electrons. The van der Waals surface area contributed by atoms with Crippen molar-refractivity contribution in [2.24, 2.45) is 0 Å².